The summed E-state index contributed by atoms with van der Waals surface area (Å²) in [5.41, 5.74) is 0. The van der Waals surface area contributed by atoms with Crippen LogP contribution < -0.4 is 5.32 Å². The van der Waals surface area contributed by atoms with E-state index < -0.39 is 0 Å². The number of aliphatic hydroxyl groups is 1. The molecule has 1 atom stereocenters. The minimum absolute atomic E-state index is 0.0877. The molecule has 0 rings (SSSR count). The lowest BCUT2D eigenvalue weighted by molar-refractivity contribution is -0.122. The maximum atomic E-state index is 11.2. The average molecular weight is 187 g/mol. The predicted molar refractivity (Wildman–Crippen MR) is 53.4 cm³/mol. The monoisotopic (exact) mass is 187 g/mol. The summed E-state index contributed by atoms with van der Waals surface area (Å²) in [6.07, 6.45) is 2.15. The number of carbonyl (C=O) groups excluding carboxylic acids is 1. The Morgan fingerprint density at radius 2 is 1.92 bits per heavy atom. The minimum atomic E-state index is 0.0877. The van der Waals surface area contributed by atoms with Crippen LogP contribution in [0.25, 0.3) is 0 Å². The van der Waals surface area contributed by atoms with Gasteiger partial charge in [-0.05, 0) is 25.7 Å². The molecule has 0 aliphatic carbocycles. The van der Waals surface area contributed by atoms with Gasteiger partial charge in [-0.15, -0.1) is 0 Å². The quantitative estimate of drug-likeness (QED) is 0.658. The van der Waals surface area contributed by atoms with Crippen LogP contribution in [0.3, 0.4) is 0 Å². The second kappa shape index (κ2) is 6.89. The van der Waals surface area contributed by atoms with Crippen LogP contribution in [-0.2, 0) is 4.79 Å². The largest absolute Gasteiger partial charge is 0.396 e. The van der Waals surface area contributed by atoms with Crippen molar-refractivity contribution >= 4 is 5.91 Å². The van der Waals surface area contributed by atoms with E-state index in [0.717, 1.165) is 6.42 Å². The first-order chi connectivity index (χ1) is 6.06. The van der Waals surface area contributed by atoms with Gasteiger partial charge >= 0.3 is 0 Å². The molecule has 0 aromatic rings. The highest BCUT2D eigenvalue weighted by Crippen LogP contribution is 2.03. The normalized spacial score (nSPS) is 13.0. The molecule has 1 unspecified atom stereocenters. The number of hydrogen-bond donors (Lipinski definition) is 2. The topological polar surface area (TPSA) is 49.3 Å². The Hall–Kier alpha value is -0.570. The molecule has 3 nitrogen and oxygen atoms in total. The molecule has 0 fully saturated rings. The third-order valence-corrected chi connectivity index (χ3v) is 1.92. The molecular weight excluding hydrogens is 166 g/mol. The Bertz CT molecular complexity index is 146. The van der Waals surface area contributed by atoms with Crippen molar-refractivity contribution in [1.82, 2.24) is 5.32 Å². The van der Waals surface area contributed by atoms with E-state index >= 15 is 0 Å². The van der Waals surface area contributed by atoms with Crippen molar-refractivity contribution in [1.29, 1.82) is 0 Å². The number of nitrogens with one attached hydrogen (secondary N) is 1. The maximum Gasteiger partial charge on any atom is 0.220 e. The molecule has 0 aliphatic rings. The van der Waals surface area contributed by atoms with Gasteiger partial charge in [-0.1, -0.05) is 13.8 Å². The molecule has 13 heavy (non-hydrogen) atoms. The highest BCUT2D eigenvalue weighted by Gasteiger charge is 2.06. The zero-order valence-corrected chi connectivity index (χ0v) is 8.84. The molecule has 0 saturated heterocycles. The van der Waals surface area contributed by atoms with Crippen LogP contribution in [0.5, 0.6) is 0 Å². The van der Waals surface area contributed by atoms with Gasteiger partial charge in [0.25, 0.3) is 0 Å². The summed E-state index contributed by atoms with van der Waals surface area (Å²) in [5.74, 6) is 0.661. The maximum absolute atomic E-state index is 11.2. The number of rotatable bonds is 6. The smallest absolute Gasteiger partial charge is 0.220 e. The van der Waals surface area contributed by atoms with Crippen molar-refractivity contribution in [3.05, 3.63) is 0 Å². The van der Waals surface area contributed by atoms with Crippen molar-refractivity contribution in [2.45, 2.75) is 46.1 Å². The van der Waals surface area contributed by atoms with Crippen molar-refractivity contribution in [2.24, 2.45) is 5.92 Å². The molecule has 0 aromatic heterocycles. The number of aliphatic hydroxyl groups excluding tert-OH is 1. The third-order valence-electron chi connectivity index (χ3n) is 1.92. The number of carbonyl (C=O) groups is 1. The van der Waals surface area contributed by atoms with E-state index in [1.54, 1.807) is 0 Å². The van der Waals surface area contributed by atoms with E-state index in [9.17, 15) is 4.79 Å². The summed E-state index contributed by atoms with van der Waals surface area (Å²) in [6, 6.07) is 0.0877. The summed E-state index contributed by atoms with van der Waals surface area (Å²) in [7, 11) is 0. The summed E-state index contributed by atoms with van der Waals surface area (Å²) >= 11 is 0. The van der Waals surface area contributed by atoms with Gasteiger partial charge in [-0.3, -0.25) is 4.79 Å². The molecule has 0 spiro atoms. The lowest BCUT2D eigenvalue weighted by atomic mass is 10.1. The number of hydrogen-bond acceptors (Lipinski definition) is 2. The van der Waals surface area contributed by atoms with Crippen LogP contribution in [-0.4, -0.2) is 23.7 Å². The summed E-state index contributed by atoms with van der Waals surface area (Å²) in [5, 5.41) is 11.5. The van der Waals surface area contributed by atoms with Crippen LogP contribution in [0.15, 0.2) is 0 Å². The summed E-state index contributed by atoms with van der Waals surface area (Å²) in [6.45, 7) is 6.24. The molecule has 0 heterocycles. The molecular formula is C10H21NO2. The van der Waals surface area contributed by atoms with E-state index in [1.165, 1.54) is 0 Å². The van der Waals surface area contributed by atoms with Gasteiger partial charge in [-0.2, -0.15) is 0 Å². The van der Waals surface area contributed by atoms with Crippen LogP contribution in [0, 0.1) is 5.92 Å². The molecule has 0 bridgehead atoms. The molecule has 0 aliphatic heterocycles. The molecule has 0 radical (unpaired) electrons. The van der Waals surface area contributed by atoms with E-state index in [-0.39, 0.29) is 18.6 Å². The van der Waals surface area contributed by atoms with Gasteiger partial charge < -0.3 is 10.4 Å². The standard InChI is InChI=1S/C10H21NO2/c1-8(2)4-5-10(13)11-9(3)6-7-12/h8-9,12H,4-7H2,1-3H3,(H,11,13). The molecule has 0 saturated carbocycles. The Morgan fingerprint density at radius 3 is 2.38 bits per heavy atom. The van der Waals surface area contributed by atoms with E-state index in [1.807, 2.05) is 6.92 Å². The first kappa shape index (κ1) is 12.4. The highest BCUT2D eigenvalue weighted by molar-refractivity contribution is 5.76. The molecule has 1 amide bonds. The van der Waals surface area contributed by atoms with E-state index in [2.05, 4.69) is 19.2 Å². The second-order valence-electron chi connectivity index (χ2n) is 3.91. The summed E-state index contributed by atoms with van der Waals surface area (Å²) < 4.78 is 0. The molecule has 3 heteroatoms. The minimum Gasteiger partial charge on any atom is -0.396 e. The van der Waals surface area contributed by atoms with Gasteiger partial charge in [0, 0.05) is 19.1 Å². The Morgan fingerprint density at radius 1 is 1.31 bits per heavy atom. The van der Waals surface area contributed by atoms with E-state index in [0.29, 0.717) is 18.8 Å². The fourth-order valence-electron chi connectivity index (χ4n) is 1.03. The zero-order valence-electron chi connectivity index (χ0n) is 8.84. The Kier molecular flexibility index (Phi) is 6.59. The van der Waals surface area contributed by atoms with Crippen LogP contribution in [0.1, 0.15) is 40.0 Å². The molecule has 2 N–H and O–H groups in total. The Balaban J connectivity index is 3.50. The molecule has 78 valence electrons. The van der Waals surface area contributed by atoms with Gasteiger partial charge in [0.1, 0.15) is 0 Å². The lowest BCUT2D eigenvalue weighted by Gasteiger charge is -2.12. The van der Waals surface area contributed by atoms with Gasteiger partial charge in [0.15, 0.2) is 0 Å². The fraction of sp³-hybridized carbons (Fsp3) is 0.900. The Labute approximate surface area is 80.5 Å². The predicted octanol–water partition coefficient (Wildman–Crippen LogP) is 1.31. The van der Waals surface area contributed by atoms with Gasteiger partial charge in [0.2, 0.25) is 5.91 Å². The van der Waals surface area contributed by atoms with Crippen LogP contribution in [0.2, 0.25) is 0 Å². The molecule has 0 aromatic carbocycles. The van der Waals surface area contributed by atoms with Crippen molar-refractivity contribution in [3.63, 3.8) is 0 Å². The highest BCUT2D eigenvalue weighted by atomic mass is 16.3. The van der Waals surface area contributed by atoms with Crippen LogP contribution in [0.4, 0.5) is 0 Å². The summed E-state index contributed by atoms with van der Waals surface area (Å²) in [4.78, 5) is 11.2. The second-order valence-corrected chi connectivity index (χ2v) is 3.91. The third kappa shape index (κ3) is 7.78. The van der Waals surface area contributed by atoms with Crippen molar-refractivity contribution in [3.8, 4) is 0 Å². The fourth-order valence-corrected chi connectivity index (χ4v) is 1.03. The van der Waals surface area contributed by atoms with Gasteiger partial charge in [0.05, 0.1) is 0 Å². The zero-order chi connectivity index (χ0) is 10.3. The number of amides is 1. The van der Waals surface area contributed by atoms with E-state index in [4.69, 9.17) is 5.11 Å². The SMILES string of the molecule is CC(C)CCC(=O)NC(C)CCO. The average Bonchev–Trinajstić information content (AvgIpc) is 2.01. The van der Waals surface area contributed by atoms with Crippen molar-refractivity contribution < 1.29 is 9.90 Å². The van der Waals surface area contributed by atoms with Gasteiger partial charge in [-0.25, -0.2) is 0 Å². The van der Waals surface area contributed by atoms with Crippen LogP contribution >= 0.6 is 0 Å². The first-order valence-electron chi connectivity index (χ1n) is 4.96. The van der Waals surface area contributed by atoms with Crippen molar-refractivity contribution in [2.75, 3.05) is 6.61 Å². The first-order valence-corrected chi connectivity index (χ1v) is 4.96. The lowest BCUT2D eigenvalue weighted by Crippen LogP contribution is -2.33.